The molecule has 0 radical (unpaired) electrons. The lowest BCUT2D eigenvalue weighted by molar-refractivity contribution is 0.482. The van der Waals surface area contributed by atoms with Crippen LogP contribution >= 0.6 is 11.8 Å². The van der Waals surface area contributed by atoms with E-state index in [1.54, 1.807) is 0 Å². The van der Waals surface area contributed by atoms with Gasteiger partial charge in [0.15, 0.2) is 0 Å². The third kappa shape index (κ3) is 1.37. The Balaban J connectivity index is 2.12. The fourth-order valence-electron chi connectivity index (χ4n) is 2.02. The van der Waals surface area contributed by atoms with Crippen LogP contribution in [0.25, 0.3) is 0 Å². The van der Waals surface area contributed by atoms with E-state index in [-0.39, 0.29) is 4.08 Å². The summed E-state index contributed by atoms with van der Waals surface area (Å²) in [6.07, 6.45) is 6.39. The van der Waals surface area contributed by atoms with Crippen LogP contribution in [0.5, 0.6) is 0 Å². The summed E-state index contributed by atoms with van der Waals surface area (Å²) in [6, 6.07) is 0. The molecule has 1 saturated carbocycles. The van der Waals surface area contributed by atoms with Crippen LogP contribution in [0.4, 0.5) is 0 Å². The Labute approximate surface area is 74.8 Å². The molecular weight excluding hydrogens is 176 g/mol. The summed E-state index contributed by atoms with van der Waals surface area (Å²) in [7, 11) is -0.505. The Kier molecular flexibility index (Phi) is 2.28. The maximum absolute atomic E-state index is 11.6. The minimum atomic E-state index is -0.505. The number of rotatable bonds is 0. The molecule has 0 aromatic carbocycles. The Bertz CT molecular complexity index is 173. The monoisotopic (exact) mass is 190 g/mol. The fraction of sp³-hybridized carbons (Fsp3) is 1.00. The van der Waals surface area contributed by atoms with Crippen LogP contribution in [0.15, 0.2) is 0 Å². The van der Waals surface area contributed by atoms with Crippen molar-refractivity contribution in [1.29, 1.82) is 0 Å². The lowest BCUT2D eigenvalue weighted by Crippen LogP contribution is -2.29. The summed E-state index contributed by atoms with van der Waals surface area (Å²) in [5.41, 5.74) is 0. The molecule has 1 nitrogen and oxygen atoms in total. The summed E-state index contributed by atoms with van der Waals surface area (Å²) in [4.78, 5) is 0. The molecule has 1 aliphatic carbocycles. The van der Waals surface area contributed by atoms with E-state index < -0.39 is 10.8 Å². The van der Waals surface area contributed by atoms with Crippen molar-refractivity contribution in [3.63, 3.8) is 0 Å². The van der Waals surface area contributed by atoms with Crippen molar-refractivity contribution in [2.45, 2.75) is 36.2 Å². The molecule has 0 aromatic rings. The fourth-order valence-corrected chi connectivity index (χ4v) is 6.05. The molecule has 1 atom stereocenters. The minimum Gasteiger partial charge on any atom is -0.258 e. The molecule has 0 bridgehead atoms. The third-order valence-electron chi connectivity index (χ3n) is 2.66. The lowest BCUT2D eigenvalue weighted by Gasteiger charge is -2.30. The maximum Gasteiger partial charge on any atom is 0.0909 e. The van der Waals surface area contributed by atoms with Gasteiger partial charge in [-0.3, -0.25) is 4.21 Å². The zero-order valence-corrected chi connectivity index (χ0v) is 8.31. The Morgan fingerprint density at radius 1 is 1.18 bits per heavy atom. The van der Waals surface area contributed by atoms with Gasteiger partial charge in [-0.2, -0.15) is 0 Å². The summed E-state index contributed by atoms with van der Waals surface area (Å²) >= 11 is 1.97. The quantitative estimate of drug-likeness (QED) is 0.582. The van der Waals surface area contributed by atoms with Crippen molar-refractivity contribution in [3.05, 3.63) is 0 Å². The van der Waals surface area contributed by atoms with Crippen LogP contribution in [-0.2, 0) is 10.8 Å². The Morgan fingerprint density at radius 2 is 1.91 bits per heavy atom. The molecule has 1 heterocycles. The van der Waals surface area contributed by atoms with Gasteiger partial charge in [0.25, 0.3) is 0 Å². The molecule has 2 rings (SSSR count). The normalized spacial score (nSPS) is 36.2. The highest BCUT2D eigenvalue weighted by Gasteiger charge is 2.42. The predicted molar refractivity (Wildman–Crippen MR) is 51.3 cm³/mol. The van der Waals surface area contributed by atoms with Gasteiger partial charge in [0.2, 0.25) is 0 Å². The number of thioether (sulfide) groups is 1. The average molecular weight is 190 g/mol. The molecule has 1 saturated heterocycles. The van der Waals surface area contributed by atoms with Gasteiger partial charge in [0, 0.05) is 22.3 Å². The van der Waals surface area contributed by atoms with Crippen molar-refractivity contribution in [2.75, 3.05) is 11.5 Å². The first-order chi connectivity index (χ1) is 5.33. The van der Waals surface area contributed by atoms with Crippen molar-refractivity contribution in [2.24, 2.45) is 0 Å². The smallest absolute Gasteiger partial charge is 0.0909 e. The summed E-state index contributed by atoms with van der Waals surface area (Å²) < 4.78 is 11.9. The summed E-state index contributed by atoms with van der Waals surface area (Å²) in [5.74, 6) is 2.08. The molecular formula is C8H14OS2. The van der Waals surface area contributed by atoms with Crippen molar-refractivity contribution < 1.29 is 4.21 Å². The van der Waals surface area contributed by atoms with Crippen LogP contribution in [0, 0.1) is 0 Å². The SMILES string of the molecule is O=S1CCSC12CCCCC2. The van der Waals surface area contributed by atoms with Crippen molar-refractivity contribution >= 4 is 22.6 Å². The average Bonchev–Trinajstić information content (AvgIpc) is 2.36. The predicted octanol–water partition coefficient (Wildman–Crippen LogP) is 2.14. The summed E-state index contributed by atoms with van der Waals surface area (Å²) in [6.45, 7) is 0. The highest BCUT2D eigenvalue weighted by molar-refractivity contribution is 8.15. The second kappa shape index (κ2) is 3.09. The first kappa shape index (κ1) is 8.11. The highest BCUT2D eigenvalue weighted by Crippen LogP contribution is 2.46. The minimum absolute atomic E-state index is 0.220. The third-order valence-corrected chi connectivity index (χ3v) is 6.99. The van der Waals surface area contributed by atoms with E-state index in [2.05, 4.69) is 0 Å². The number of hydrogen-bond donors (Lipinski definition) is 0. The van der Waals surface area contributed by atoms with Gasteiger partial charge >= 0.3 is 0 Å². The number of hydrogen-bond acceptors (Lipinski definition) is 2. The van der Waals surface area contributed by atoms with Crippen molar-refractivity contribution in [1.82, 2.24) is 0 Å². The van der Waals surface area contributed by atoms with E-state index in [9.17, 15) is 4.21 Å². The Hall–Kier alpha value is 0.500. The van der Waals surface area contributed by atoms with Gasteiger partial charge in [-0.25, -0.2) is 0 Å². The highest BCUT2D eigenvalue weighted by atomic mass is 32.2. The van der Waals surface area contributed by atoms with E-state index in [0.717, 1.165) is 11.5 Å². The second-order valence-corrected chi connectivity index (χ2v) is 6.99. The zero-order chi connectivity index (χ0) is 7.73. The first-order valence-electron chi connectivity index (χ1n) is 4.36. The molecule has 0 N–H and O–H groups in total. The van der Waals surface area contributed by atoms with Crippen molar-refractivity contribution in [3.8, 4) is 0 Å². The van der Waals surface area contributed by atoms with Crippen LogP contribution in [-0.4, -0.2) is 19.8 Å². The molecule has 11 heavy (non-hydrogen) atoms. The molecule has 0 aromatic heterocycles. The van der Waals surface area contributed by atoms with Gasteiger partial charge in [0.1, 0.15) is 0 Å². The first-order valence-corrected chi connectivity index (χ1v) is 6.66. The van der Waals surface area contributed by atoms with Crippen LogP contribution < -0.4 is 0 Å². The topological polar surface area (TPSA) is 17.1 Å². The molecule has 1 spiro atoms. The molecule has 0 amide bonds. The van der Waals surface area contributed by atoms with E-state index in [1.807, 2.05) is 11.8 Å². The van der Waals surface area contributed by atoms with Gasteiger partial charge in [0.05, 0.1) is 4.08 Å². The van der Waals surface area contributed by atoms with Crippen LogP contribution in [0.2, 0.25) is 0 Å². The molecule has 2 aliphatic rings. The molecule has 3 heteroatoms. The van der Waals surface area contributed by atoms with Gasteiger partial charge in [-0.05, 0) is 12.8 Å². The molecule has 64 valence electrons. The largest absolute Gasteiger partial charge is 0.258 e. The van der Waals surface area contributed by atoms with Gasteiger partial charge in [-0.15, -0.1) is 11.8 Å². The lowest BCUT2D eigenvalue weighted by atomic mass is 10.00. The molecule has 1 aliphatic heterocycles. The van der Waals surface area contributed by atoms with E-state index in [0.29, 0.717) is 0 Å². The van der Waals surface area contributed by atoms with E-state index >= 15 is 0 Å². The Morgan fingerprint density at radius 3 is 2.45 bits per heavy atom. The standard InChI is InChI=1S/C8H14OS2/c9-11-7-6-10-8(11)4-2-1-3-5-8/h1-7H2. The second-order valence-electron chi connectivity index (χ2n) is 3.37. The van der Waals surface area contributed by atoms with Crippen LogP contribution in [0.1, 0.15) is 32.1 Å². The maximum atomic E-state index is 11.6. The van der Waals surface area contributed by atoms with E-state index in [4.69, 9.17) is 0 Å². The summed E-state index contributed by atoms with van der Waals surface area (Å²) in [5, 5.41) is 0. The van der Waals surface area contributed by atoms with Gasteiger partial charge < -0.3 is 0 Å². The van der Waals surface area contributed by atoms with E-state index in [1.165, 1.54) is 32.1 Å². The zero-order valence-electron chi connectivity index (χ0n) is 6.67. The molecule has 1 unspecified atom stereocenters. The molecule has 2 fully saturated rings. The van der Waals surface area contributed by atoms with Gasteiger partial charge in [-0.1, -0.05) is 19.3 Å². The van der Waals surface area contributed by atoms with Crippen LogP contribution in [0.3, 0.4) is 0 Å².